The van der Waals surface area contributed by atoms with E-state index < -0.39 is 10.0 Å². The van der Waals surface area contributed by atoms with Crippen LogP contribution in [0.2, 0.25) is 0 Å². The number of benzene rings is 1. The van der Waals surface area contributed by atoms with E-state index in [1.165, 1.54) is 5.57 Å². The van der Waals surface area contributed by atoms with Crippen LogP contribution in [-0.4, -0.2) is 14.5 Å². The van der Waals surface area contributed by atoms with Gasteiger partial charge in [0.15, 0.2) is 0 Å². The number of primary sulfonamides is 1. The minimum Gasteiger partial charge on any atom is -0.381 e. The van der Waals surface area contributed by atoms with E-state index in [4.69, 9.17) is 5.14 Å². The molecule has 1 unspecified atom stereocenters. The van der Waals surface area contributed by atoms with Crippen molar-refractivity contribution < 1.29 is 8.42 Å². The molecule has 0 saturated carbocycles. The number of sulfonamides is 1. The van der Waals surface area contributed by atoms with E-state index in [1.807, 2.05) is 6.07 Å². The third-order valence-electron chi connectivity index (χ3n) is 5.49. The summed E-state index contributed by atoms with van der Waals surface area (Å²) in [6.07, 6.45) is 13.3. The standard InChI is InChI=1S/C19H22N2O2S/c1-12-5-7-13(8-6-12)19-16-4-2-3-15(16)17-11-14(24(20,22)23)9-10-18(17)21-19/h2-3,5-7,9-11,13,15-16,19,21H,4,8H2,1H3,(H2,20,22,23)/t13?,15-,16+,19-/m0/s1. The van der Waals surface area contributed by atoms with Crippen LogP contribution in [0.15, 0.2) is 59.0 Å². The van der Waals surface area contributed by atoms with Crippen molar-refractivity contribution in [1.29, 1.82) is 0 Å². The summed E-state index contributed by atoms with van der Waals surface area (Å²) in [5.74, 6) is 1.18. The number of fused-ring (bicyclic) bond motifs is 3. The van der Waals surface area contributed by atoms with Crippen LogP contribution in [-0.2, 0) is 10.0 Å². The first-order valence-corrected chi connectivity index (χ1v) is 9.93. The van der Waals surface area contributed by atoms with Crippen LogP contribution in [0.5, 0.6) is 0 Å². The third kappa shape index (κ3) is 2.62. The van der Waals surface area contributed by atoms with Crippen molar-refractivity contribution in [2.75, 3.05) is 5.32 Å². The van der Waals surface area contributed by atoms with Crippen LogP contribution in [0.3, 0.4) is 0 Å². The molecule has 0 spiro atoms. The molecule has 0 aromatic heterocycles. The molecule has 1 aliphatic heterocycles. The van der Waals surface area contributed by atoms with Crippen molar-refractivity contribution in [3.8, 4) is 0 Å². The molecule has 2 aliphatic carbocycles. The summed E-state index contributed by atoms with van der Waals surface area (Å²) in [6, 6.07) is 5.55. The van der Waals surface area contributed by atoms with Gasteiger partial charge in [-0.25, -0.2) is 13.6 Å². The molecule has 0 saturated heterocycles. The number of hydrogen-bond acceptors (Lipinski definition) is 3. The minimum absolute atomic E-state index is 0.191. The molecule has 1 aromatic rings. The Kier molecular flexibility index (Phi) is 3.66. The van der Waals surface area contributed by atoms with E-state index >= 15 is 0 Å². The van der Waals surface area contributed by atoms with E-state index in [1.54, 1.807) is 12.1 Å². The summed E-state index contributed by atoms with van der Waals surface area (Å²) in [5.41, 5.74) is 3.39. The number of rotatable bonds is 2. The van der Waals surface area contributed by atoms with Crippen molar-refractivity contribution in [2.45, 2.75) is 36.6 Å². The minimum atomic E-state index is -3.68. The number of allylic oxidation sites excluding steroid dienone is 5. The fraction of sp³-hybridized carbons (Fsp3) is 0.368. The van der Waals surface area contributed by atoms with Gasteiger partial charge >= 0.3 is 0 Å². The lowest BCUT2D eigenvalue weighted by atomic mass is 9.73. The molecule has 0 fully saturated rings. The summed E-state index contributed by atoms with van der Waals surface area (Å²) in [4.78, 5) is 0.191. The zero-order valence-corrected chi connectivity index (χ0v) is 14.5. The van der Waals surface area contributed by atoms with Gasteiger partial charge in [0.25, 0.3) is 0 Å². The maximum absolute atomic E-state index is 11.7. The van der Waals surface area contributed by atoms with Crippen molar-refractivity contribution in [1.82, 2.24) is 0 Å². The first-order valence-electron chi connectivity index (χ1n) is 8.38. The lowest BCUT2D eigenvalue weighted by Crippen LogP contribution is -2.41. The molecular formula is C19H22N2O2S. The number of nitrogens with one attached hydrogen (secondary N) is 1. The molecule has 0 amide bonds. The Hall–Kier alpha value is -1.85. The fourth-order valence-corrected chi connectivity index (χ4v) is 4.77. The van der Waals surface area contributed by atoms with E-state index in [0.29, 0.717) is 17.9 Å². The number of anilines is 1. The highest BCUT2D eigenvalue weighted by atomic mass is 32.2. The third-order valence-corrected chi connectivity index (χ3v) is 6.40. The van der Waals surface area contributed by atoms with Gasteiger partial charge in [0, 0.05) is 23.6 Å². The summed E-state index contributed by atoms with van der Waals surface area (Å²) in [5, 5.41) is 8.98. The van der Waals surface area contributed by atoms with Crippen LogP contribution >= 0.6 is 0 Å². The van der Waals surface area contributed by atoms with Gasteiger partial charge in [0.1, 0.15) is 0 Å². The molecule has 1 heterocycles. The predicted octanol–water partition coefficient (Wildman–Crippen LogP) is 3.31. The molecule has 3 aliphatic rings. The summed E-state index contributed by atoms with van der Waals surface area (Å²) in [7, 11) is -3.68. The SMILES string of the molecule is CC1=CCC([C@@H]2Nc3ccc(S(N)(=O)=O)cc3[C@H]3C=CC[C@H]32)C=C1. The Morgan fingerprint density at radius 1 is 1.21 bits per heavy atom. The van der Waals surface area contributed by atoms with Gasteiger partial charge in [0.05, 0.1) is 4.90 Å². The van der Waals surface area contributed by atoms with Gasteiger partial charge in [-0.1, -0.05) is 36.0 Å². The van der Waals surface area contributed by atoms with Gasteiger partial charge in [0.2, 0.25) is 10.0 Å². The molecule has 4 atom stereocenters. The lowest BCUT2D eigenvalue weighted by molar-refractivity contribution is 0.348. The van der Waals surface area contributed by atoms with Crippen molar-refractivity contribution in [3.63, 3.8) is 0 Å². The van der Waals surface area contributed by atoms with E-state index in [2.05, 4.69) is 42.6 Å². The first kappa shape index (κ1) is 15.7. The second-order valence-corrected chi connectivity index (χ2v) is 8.59. The molecular weight excluding hydrogens is 320 g/mol. The average molecular weight is 342 g/mol. The zero-order chi connectivity index (χ0) is 16.9. The predicted molar refractivity (Wildman–Crippen MR) is 96.2 cm³/mol. The highest BCUT2D eigenvalue weighted by Crippen LogP contribution is 2.47. The number of hydrogen-bond donors (Lipinski definition) is 2. The summed E-state index contributed by atoms with van der Waals surface area (Å²) >= 11 is 0. The van der Waals surface area contributed by atoms with Gasteiger partial charge in [-0.05, 0) is 49.4 Å². The molecule has 4 rings (SSSR count). The van der Waals surface area contributed by atoms with E-state index in [-0.39, 0.29) is 10.8 Å². The second-order valence-electron chi connectivity index (χ2n) is 7.02. The maximum Gasteiger partial charge on any atom is 0.238 e. The Morgan fingerprint density at radius 3 is 2.75 bits per heavy atom. The summed E-state index contributed by atoms with van der Waals surface area (Å²) in [6.45, 7) is 2.13. The van der Waals surface area contributed by atoms with Gasteiger partial charge < -0.3 is 5.32 Å². The lowest BCUT2D eigenvalue weighted by Gasteiger charge is -2.41. The van der Waals surface area contributed by atoms with Crippen LogP contribution in [0, 0.1) is 11.8 Å². The average Bonchev–Trinajstić information content (AvgIpc) is 3.03. The molecule has 0 bridgehead atoms. The fourth-order valence-electron chi connectivity index (χ4n) is 4.22. The van der Waals surface area contributed by atoms with Crippen LogP contribution < -0.4 is 10.5 Å². The molecule has 3 N–H and O–H groups in total. The van der Waals surface area contributed by atoms with Crippen LogP contribution in [0.25, 0.3) is 0 Å². The van der Waals surface area contributed by atoms with Crippen molar-refractivity contribution >= 4 is 15.7 Å². The van der Waals surface area contributed by atoms with Gasteiger partial charge in [-0.3, -0.25) is 0 Å². The summed E-state index contributed by atoms with van der Waals surface area (Å²) < 4.78 is 23.4. The molecule has 5 heteroatoms. The topological polar surface area (TPSA) is 72.2 Å². The molecule has 24 heavy (non-hydrogen) atoms. The Balaban J connectivity index is 1.71. The Morgan fingerprint density at radius 2 is 2.04 bits per heavy atom. The van der Waals surface area contributed by atoms with Crippen molar-refractivity contribution in [2.24, 2.45) is 17.0 Å². The first-order chi connectivity index (χ1) is 11.4. The zero-order valence-electron chi connectivity index (χ0n) is 13.6. The highest BCUT2D eigenvalue weighted by Gasteiger charge is 2.40. The maximum atomic E-state index is 11.7. The van der Waals surface area contributed by atoms with Crippen LogP contribution in [0.1, 0.15) is 31.2 Å². The quantitative estimate of drug-likeness (QED) is 0.810. The second kappa shape index (κ2) is 5.60. The normalized spacial score (nSPS) is 31.2. The highest BCUT2D eigenvalue weighted by molar-refractivity contribution is 7.89. The molecule has 0 radical (unpaired) electrons. The Labute approximate surface area is 143 Å². The molecule has 1 aromatic carbocycles. The largest absolute Gasteiger partial charge is 0.381 e. The smallest absolute Gasteiger partial charge is 0.238 e. The Bertz CT molecular complexity index is 867. The molecule has 4 nitrogen and oxygen atoms in total. The van der Waals surface area contributed by atoms with Crippen LogP contribution in [0.4, 0.5) is 5.69 Å². The monoisotopic (exact) mass is 342 g/mol. The van der Waals surface area contributed by atoms with Gasteiger partial charge in [-0.15, -0.1) is 0 Å². The van der Waals surface area contributed by atoms with E-state index in [0.717, 1.165) is 24.1 Å². The molecule has 126 valence electrons. The number of nitrogens with two attached hydrogens (primary N) is 1. The van der Waals surface area contributed by atoms with Crippen molar-refractivity contribution in [3.05, 3.63) is 59.7 Å². The van der Waals surface area contributed by atoms with E-state index in [9.17, 15) is 8.42 Å². The van der Waals surface area contributed by atoms with Gasteiger partial charge in [-0.2, -0.15) is 0 Å².